The molecule has 1 amide bonds. The van der Waals surface area contributed by atoms with Gasteiger partial charge < -0.3 is 15.1 Å². The second-order valence-electron chi connectivity index (χ2n) is 10.6. The van der Waals surface area contributed by atoms with Gasteiger partial charge in [-0.05, 0) is 37.6 Å². The number of fused-ring (bicyclic) bond motifs is 1. The zero-order valence-electron chi connectivity index (χ0n) is 24.2. The molecule has 5 rings (SSSR count). The van der Waals surface area contributed by atoms with Crippen molar-refractivity contribution in [3.63, 3.8) is 0 Å². The minimum atomic E-state index is -3.85. The second-order valence-corrected chi connectivity index (χ2v) is 12.7. The Balaban J connectivity index is 1.49. The molecule has 4 aromatic rings. The largest absolute Gasteiger partial charge is 0.377 e. The lowest BCUT2D eigenvalue weighted by Gasteiger charge is -2.36. The summed E-state index contributed by atoms with van der Waals surface area (Å²) in [7, 11) is -0.510. The van der Waals surface area contributed by atoms with Crippen molar-refractivity contribution < 1.29 is 17.6 Å². The van der Waals surface area contributed by atoms with E-state index in [-0.39, 0.29) is 27.9 Å². The van der Waals surface area contributed by atoms with E-state index in [1.165, 1.54) is 27.6 Å². The molecule has 13 nitrogen and oxygen atoms in total. The summed E-state index contributed by atoms with van der Waals surface area (Å²) in [5, 5.41) is 7.87. The smallest absolute Gasteiger partial charge is 0.285 e. The third-order valence-corrected chi connectivity index (χ3v) is 7.92. The number of carbonyl (C=O) groups excluding carboxylic acids is 1. The Morgan fingerprint density at radius 1 is 1.09 bits per heavy atom. The van der Waals surface area contributed by atoms with E-state index in [2.05, 4.69) is 15.4 Å². The molecule has 0 unspecified atom stereocenters. The fraction of sp³-hybridized carbons (Fsp3) is 0.370. The van der Waals surface area contributed by atoms with Crippen molar-refractivity contribution in [3.05, 3.63) is 68.6 Å². The van der Waals surface area contributed by atoms with E-state index >= 15 is 0 Å². The first-order valence-corrected chi connectivity index (χ1v) is 15.6. The van der Waals surface area contributed by atoms with Crippen LogP contribution in [-0.4, -0.2) is 71.1 Å². The van der Waals surface area contributed by atoms with Crippen LogP contribution in [0.2, 0.25) is 5.15 Å². The molecule has 2 N–H and O–H groups in total. The molecule has 1 saturated heterocycles. The molecule has 0 bridgehead atoms. The van der Waals surface area contributed by atoms with Crippen LogP contribution in [0.25, 0.3) is 10.9 Å². The number of carbonyl (C=O) groups is 1. The van der Waals surface area contributed by atoms with E-state index < -0.39 is 22.0 Å². The van der Waals surface area contributed by atoms with Crippen molar-refractivity contribution in [3.8, 4) is 0 Å². The number of nitrogens with zero attached hydrogens (tertiary/aromatic N) is 7. The normalized spacial score (nSPS) is 14.7. The van der Waals surface area contributed by atoms with Crippen LogP contribution in [0.1, 0.15) is 34.6 Å². The molecule has 1 aromatic carbocycles. The number of nitrogens with one attached hydrogen (secondary N) is 2. The van der Waals surface area contributed by atoms with Gasteiger partial charge in [-0.2, -0.15) is 5.10 Å². The van der Waals surface area contributed by atoms with Crippen LogP contribution in [-0.2, 0) is 24.1 Å². The van der Waals surface area contributed by atoms with Gasteiger partial charge in [-0.1, -0.05) is 17.7 Å². The quantitative estimate of drug-likeness (QED) is 0.291. The Kier molecular flexibility index (Phi) is 8.05. The second kappa shape index (κ2) is 11.4. The van der Waals surface area contributed by atoms with Gasteiger partial charge in [0.15, 0.2) is 17.3 Å². The molecule has 4 heterocycles. The highest BCUT2D eigenvalue weighted by Gasteiger charge is 2.26. The lowest BCUT2D eigenvalue weighted by molar-refractivity contribution is 0.0977. The molecular weight excluding hydrogens is 601 g/mol. The third kappa shape index (κ3) is 6.27. The highest BCUT2D eigenvalue weighted by atomic mass is 35.5. The molecule has 1 atom stereocenters. The zero-order valence-corrected chi connectivity index (χ0v) is 25.8. The number of hydrogen-bond donors (Lipinski definition) is 2. The van der Waals surface area contributed by atoms with Crippen LogP contribution in [0, 0.1) is 12.7 Å². The Bertz CT molecular complexity index is 1900. The number of piperazine rings is 1. The van der Waals surface area contributed by atoms with Gasteiger partial charge in [0.2, 0.25) is 16.0 Å². The zero-order chi connectivity index (χ0) is 31.2. The standard InChI is InChI=1S/C27H31ClFN9O4S/c1-15-12-17(16(2)30-20-6-7-21(28)31-23(20)25(39)34-43(5,41)42)22-18(13-15)26(40)36(4)27(32-22)38-10-8-37(9-11-38)24-19(29)14-35(3)33-24/h6-7,12-14,16,30H,8-11H2,1-5H3,(H,34,39)/t16-/m1/s1. The van der Waals surface area contributed by atoms with Gasteiger partial charge in [0, 0.05) is 45.8 Å². The van der Waals surface area contributed by atoms with Gasteiger partial charge in [0.25, 0.3) is 11.5 Å². The Morgan fingerprint density at radius 2 is 1.77 bits per heavy atom. The Hall–Kier alpha value is -4.24. The molecule has 1 aliphatic rings. The number of hydrogen-bond acceptors (Lipinski definition) is 10. The van der Waals surface area contributed by atoms with E-state index in [4.69, 9.17) is 16.6 Å². The van der Waals surface area contributed by atoms with Crippen molar-refractivity contribution in [2.24, 2.45) is 14.1 Å². The molecule has 16 heteroatoms. The average molecular weight is 632 g/mol. The first kappa shape index (κ1) is 30.2. The average Bonchev–Trinajstić information content (AvgIpc) is 3.28. The highest BCUT2D eigenvalue weighted by Crippen LogP contribution is 2.29. The molecule has 43 heavy (non-hydrogen) atoms. The van der Waals surface area contributed by atoms with Crippen LogP contribution >= 0.6 is 11.6 Å². The maximum absolute atomic E-state index is 14.3. The van der Waals surface area contributed by atoms with Gasteiger partial charge in [-0.3, -0.25) is 18.8 Å². The molecule has 0 aliphatic carbocycles. The van der Waals surface area contributed by atoms with E-state index in [1.807, 2.05) is 34.4 Å². The Morgan fingerprint density at radius 3 is 2.40 bits per heavy atom. The van der Waals surface area contributed by atoms with Gasteiger partial charge in [0.05, 0.1) is 35.1 Å². The molecule has 1 fully saturated rings. The topological polar surface area (TPSA) is 147 Å². The predicted molar refractivity (Wildman–Crippen MR) is 163 cm³/mol. The van der Waals surface area contributed by atoms with Gasteiger partial charge in [-0.25, -0.2) is 27.5 Å². The van der Waals surface area contributed by atoms with Crippen LogP contribution in [0.15, 0.2) is 35.3 Å². The van der Waals surface area contributed by atoms with Crippen LogP contribution in [0.4, 0.5) is 21.8 Å². The van der Waals surface area contributed by atoms with Gasteiger partial charge in [0.1, 0.15) is 5.15 Å². The number of benzene rings is 1. The number of rotatable bonds is 7. The van der Waals surface area contributed by atoms with Crippen molar-refractivity contribution in [2.75, 3.05) is 47.6 Å². The summed E-state index contributed by atoms with van der Waals surface area (Å²) >= 11 is 6.01. The maximum atomic E-state index is 14.3. The van der Waals surface area contributed by atoms with E-state index in [1.54, 1.807) is 20.2 Å². The highest BCUT2D eigenvalue weighted by molar-refractivity contribution is 7.89. The molecule has 0 radical (unpaired) electrons. The van der Waals surface area contributed by atoms with E-state index in [9.17, 15) is 22.4 Å². The summed E-state index contributed by atoms with van der Waals surface area (Å²) in [6.45, 7) is 5.66. The maximum Gasteiger partial charge on any atom is 0.285 e. The molecular formula is C27H31ClFN9O4S. The van der Waals surface area contributed by atoms with Crippen LogP contribution in [0.5, 0.6) is 0 Å². The SMILES string of the molecule is Cc1cc([C@@H](C)Nc2ccc(Cl)nc2C(=O)NS(C)(=O)=O)c2nc(N3CCN(c4nn(C)cc4F)CC3)n(C)c(=O)c2c1. The van der Waals surface area contributed by atoms with Crippen LogP contribution < -0.4 is 25.4 Å². The number of aryl methyl sites for hydroxylation is 2. The number of aromatic nitrogens is 5. The van der Waals surface area contributed by atoms with Crippen molar-refractivity contribution >= 4 is 55.9 Å². The van der Waals surface area contributed by atoms with Crippen LogP contribution in [0.3, 0.4) is 0 Å². The summed E-state index contributed by atoms with van der Waals surface area (Å²) in [6.07, 6.45) is 2.20. The lowest BCUT2D eigenvalue weighted by atomic mass is 10.0. The minimum absolute atomic E-state index is 0.0125. The summed E-state index contributed by atoms with van der Waals surface area (Å²) < 4.78 is 42.5. The predicted octanol–water partition coefficient (Wildman–Crippen LogP) is 2.35. The molecule has 1 aliphatic heterocycles. The minimum Gasteiger partial charge on any atom is -0.377 e. The van der Waals surface area contributed by atoms with E-state index in [0.717, 1.165) is 11.8 Å². The molecule has 0 spiro atoms. The summed E-state index contributed by atoms with van der Waals surface area (Å²) in [5.74, 6) is -0.562. The van der Waals surface area contributed by atoms with Crippen molar-refractivity contribution in [1.82, 2.24) is 29.0 Å². The number of amides is 1. The monoisotopic (exact) mass is 631 g/mol. The van der Waals surface area contributed by atoms with Gasteiger partial charge in [-0.15, -0.1) is 0 Å². The number of halogens is 2. The number of sulfonamides is 1. The summed E-state index contributed by atoms with van der Waals surface area (Å²) in [4.78, 5) is 39.1. The summed E-state index contributed by atoms with van der Waals surface area (Å²) in [5.41, 5.74) is 1.82. The first-order valence-electron chi connectivity index (χ1n) is 13.4. The van der Waals surface area contributed by atoms with E-state index in [0.29, 0.717) is 54.4 Å². The third-order valence-electron chi connectivity index (χ3n) is 7.15. The number of pyridine rings is 1. The molecule has 0 saturated carbocycles. The molecule has 228 valence electrons. The Labute approximate surface area is 252 Å². The lowest BCUT2D eigenvalue weighted by Crippen LogP contribution is -2.48. The fourth-order valence-electron chi connectivity index (χ4n) is 5.19. The summed E-state index contributed by atoms with van der Waals surface area (Å²) in [6, 6.07) is 6.19. The molecule has 3 aromatic heterocycles. The first-order chi connectivity index (χ1) is 20.2. The van der Waals surface area contributed by atoms with Crippen molar-refractivity contribution in [1.29, 1.82) is 0 Å². The van der Waals surface area contributed by atoms with Gasteiger partial charge >= 0.3 is 0 Å². The fourth-order valence-corrected chi connectivity index (χ4v) is 5.77. The number of anilines is 3. The van der Waals surface area contributed by atoms with Crippen molar-refractivity contribution in [2.45, 2.75) is 19.9 Å².